The molecule has 118 valence electrons. The third-order valence-corrected chi connectivity index (χ3v) is 3.92. The lowest BCUT2D eigenvalue weighted by atomic mass is 10.0. The molecule has 0 aromatic heterocycles. The first kappa shape index (κ1) is 18.2. The first-order valence-corrected chi connectivity index (χ1v) is 7.56. The Morgan fingerprint density at radius 2 is 2.24 bits per heavy atom. The van der Waals surface area contributed by atoms with Crippen LogP contribution in [-0.4, -0.2) is 36.5 Å². The molecule has 3 N–H and O–H groups in total. The van der Waals surface area contributed by atoms with Crippen molar-refractivity contribution in [2.75, 3.05) is 25.0 Å². The Bertz CT molecular complexity index is 461. The van der Waals surface area contributed by atoms with Crippen LogP contribution in [0, 0.1) is 6.92 Å². The molecule has 21 heavy (non-hydrogen) atoms. The number of guanidine groups is 1. The lowest BCUT2D eigenvalue weighted by Crippen LogP contribution is -2.41. The van der Waals surface area contributed by atoms with Gasteiger partial charge in [-0.15, -0.1) is 24.0 Å². The van der Waals surface area contributed by atoms with Gasteiger partial charge in [0, 0.05) is 11.7 Å². The number of rotatable bonds is 4. The van der Waals surface area contributed by atoms with Gasteiger partial charge < -0.3 is 11.1 Å². The molecule has 0 spiro atoms. The first-order valence-electron chi connectivity index (χ1n) is 7.56. The highest BCUT2D eigenvalue weighted by molar-refractivity contribution is 14.0. The number of likely N-dealkylation sites (N-methyl/N-ethyl adjacent to an activating group) is 1. The van der Waals surface area contributed by atoms with Crippen molar-refractivity contribution in [3.8, 4) is 0 Å². The summed E-state index contributed by atoms with van der Waals surface area (Å²) in [5.74, 6) is 0.511. The van der Waals surface area contributed by atoms with Crippen LogP contribution in [0.5, 0.6) is 0 Å². The largest absolute Gasteiger partial charge is 0.370 e. The van der Waals surface area contributed by atoms with Crippen molar-refractivity contribution >= 4 is 35.6 Å². The van der Waals surface area contributed by atoms with Crippen molar-refractivity contribution in [3.05, 3.63) is 29.8 Å². The molecular formula is C16H27IN4. The minimum absolute atomic E-state index is 0. The van der Waals surface area contributed by atoms with Crippen LogP contribution in [0.4, 0.5) is 5.69 Å². The number of halogens is 1. The number of nitrogens with zero attached hydrogens (tertiary/aromatic N) is 2. The number of aliphatic imine (C=N–C) groups is 1. The second-order valence-corrected chi connectivity index (χ2v) is 5.50. The number of nitrogens with one attached hydrogen (secondary N) is 1. The molecule has 1 saturated heterocycles. The molecule has 1 aromatic rings. The standard InChI is InChI=1S/C16H26N4.HI/c1-3-20-10-5-4-9-15(20)12-18-16(17)19-14-8-6-7-13(2)11-14;/h6-8,11,15H,3-5,9-10,12H2,1-2H3,(H3,17,18,19);1H. The van der Waals surface area contributed by atoms with E-state index in [-0.39, 0.29) is 24.0 Å². The smallest absolute Gasteiger partial charge is 0.193 e. The zero-order valence-electron chi connectivity index (χ0n) is 13.0. The minimum Gasteiger partial charge on any atom is -0.370 e. The van der Waals surface area contributed by atoms with Crippen molar-refractivity contribution < 1.29 is 0 Å². The maximum Gasteiger partial charge on any atom is 0.193 e. The molecular weight excluding hydrogens is 375 g/mol. The van der Waals surface area contributed by atoms with E-state index >= 15 is 0 Å². The number of hydrogen-bond donors (Lipinski definition) is 2. The van der Waals surface area contributed by atoms with E-state index in [1.54, 1.807) is 0 Å². The monoisotopic (exact) mass is 402 g/mol. The second-order valence-electron chi connectivity index (χ2n) is 5.50. The summed E-state index contributed by atoms with van der Waals surface area (Å²) >= 11 is 0. The molecule has 1 heterocycles. The average Bonchev–Trinajstić information content (AvgIpc) is 2.45. The lowest BCUT2D eigenvalue weighted by Gasteiger charge is -2.33. The molecule has 0 saturated carbocycles. The van der Waals surface area contributed by atoms with Gasteiger partial charge in [0.1, 0.15) is 0 Å². The predicted octanol–water partition coefficient (Wildman–Crippen LogP) is 3.21. The van der Waals surface area contributed by atoms with Gasteiger partial charge >= 0.3 is 0 Å². The zero-order valence-corrected chi connectivity index (χ0v) is 15.3. The van der Waals surface area contributed by atoms with Crippen LogP contribution in [0.1, 0.15) is 31.7 Å². The van der Waals surface area contributed by atoms with Crippen molar-refractivity contribution in [2.24, 2.45) is 10.7 Å². The molecule has 1 atom stereocenters. The molecule has 4 nitrogen and oxygen atoms in total. The molecule has 1 fully saturated rings. The molecule has 0 radical (unpaired) electrons. The number of aryl methyl sites for hydroxylation is 1. The summed E-state index contributed by atoms with van der Waals surface area (Å²) < 4.78 is 0. The summed E-state index contributed by atoms with van der Waals surface area (Å²) in [6.07, 6.45) is 3.85. The second kappa shape index (κ2) is 9.25. The fourth-order valence-electron chi connectivity index (χ4n) is 2.80. The Labute approximate surface area is 145 Å². The van der Waals surface area contributed by atoms with E-state index in [1.165, 1.54) is 31.4 Å². The van der Waals surface area contributed by atoms with Gasteiger partial charge in [-0.1, -0.05) is 25.5 Å². The SMILES string of the molecule is CCN1CCCCC1CN=C(N)Nc1cccc(C)c1.I. The summed E-state index contributed by atoms with van der Waals surface area (Å²) in [6.45, 7) is 7.38. The van der Waals surface area contributed by atoms with Gasteiger partial charge in [0.2, 0.25) is 0 Å². The number of anilines is 1. The molecule has 0 bridgehead atoms. The van der Waals surface area contributed by atoms with Crippen molar-refractivity contribution in [1.29, 1.82) is 0 Å². The zero-order chi connectivity index (χ0) is 14.4. The summed E-state index contributed by atoms with van der Waals surface area (Å²) in [6, 6.07) is 8.71. The number of nitrogens with two attached hydrogens (primary N) is 1. The average molecular weight is 402 g/mol. The van der Waals surface area contributed by atoms with Gasteiger partial charge in [-0.25, -0.2) is 0 Å². The van der Waals surface area contributed by atoms with E-state index in [0.717, 1.165) is 18.8 Å². The Morgan fingerprint density at radius 1 is 1.43 bits per heavy atom. The Kier molecular flexibility index (Phi) is 8.03. The van der Waals surface area contributed by atoms with Crippen LogP contribution in [0.25, 0.3) is 0 Å². The minimum atomic E-state index is 0. The summed E-state index contributed by atoms with van der Waals surface area (Å²) in [7, 11) is 0. The lowest BCUT2D eigenvalue weighted by molar-refractivity contribution is 0.161. The van der Waals surface area contributed by atoms with Crippen molar-refractivity contribution in [3.63, 3.8) is 0 Å². The van der Waals surface area contributed by atoms with Gasteiger partial charge in [0.15, 0.2) is 5.96 Å². The van der Waals surface area contributed by atoms with Crippen LogP contribution >= 0.6 is 24.0 Å². The third-order valence-electron chi connectivity index (χ3n) is 3.92. The maximum atomic E-state index is 5.98. The van der Waals surface area contributed by atoms with Crippen LogP contribution in [0.2, 0.25) is 0 Å². The van der Waals surface area contributed by atoms with E-state index in [4.69, 9.17) is 5.73 Å². The highest BCUT2D eigenvalue weighted by Crippen LogP contribution is 2.16. The number of likely N-dealkylation sites (tertiary alicyclic amines) is 1. The Hall–Kier alpha value is -0.820. The third kappa shape index (κ3) is 5.82. The normalized spacial score (nSPS) is 19.9. The van der Waals surface area contributed by atoms with Crippen LogP contribution in [0.3, 0.4) is 0 Å². The number of piperidine rings is 1. The fourth-order valence-corrected chi connectivity index (χ4v) is 2.80. The summed E-state index contributed by atoms with van der Waals surface area (Å²) in [5.41, 5.74) is 8.20. The molecule has 1 aliphatic heterocycles. The van der Waals surface area contributed by atoms with Gasteiger partial charge in [0.25, 0.3) is 0 Å². The highest BCUT2D eigenvalue weighted by Gasteiger charge is 2.20. The quantitative estimate of drug-likeness (QED) is 0.462. The maximum absolute atomic E-state index is 5.98. The molecule has 2 rings (SSSR count). The fraction of sp³-hybridized carbons (Fsp3) is 0.562. The Morgan fingerprint density at radius 3 is 2.95 bits per heavy atom. The van der Waals surface area contributed by atoms with Crippen LogP contribution < -0.4 is 11.1 Å². The predicted molar refractivity (Wildman–Crippen MR) is 102 cm³/mol. The van der Waals surface area contributed by atoms with Gasteiger partial charge in [-0.3, -0.25) is 9.89 Å². The summed E-state index contributed by atoms with van der Waals surface area (Å²) in [5, 5.41) is 3.16. The van der Waals surface area contributed by atoms with Gasteiger partial charge in [-0.05, 0) is 50.6 Å². The number of hydrogen-bond acceptors (Lipinski definition) is 2. The van der Waals surface area contributed by atoms with Gasteiger partial charge in [-0.2, -0.15) is 0 Å². The molecule has 0 amide bonds. The summed E-state index contributed by atoms with van der Waals surface area (Å²) in [4.78, 5) is 7.02. The molecule has 0 aliphatic carbocycles. The van der Waals surface area contributed by atoms with E-state index in [1.807, 2.05) is 12.1 Å². The van der Waals surface area contributed by atoms with E-state index < -0.39 is 0 Å². The number of benzene rings is 1. The van der Waals surface area contributed by atoms with E-state index in [9.17, 15) is 0 Å². The molecule has 1 aliphatic rings. The molecule has 1 unspecified atom stereocenters. The van der Waals surface area contributed by atoms with Crippen LogP contribution in [-0.2, 0) is 0 Å². The molecule has 5 heteroatoms. The first-order chi connectivity index (χ1) is 9.69. The highest BCUT2D eigenvalue weighted by atomic mass is 127. The topological polar surface area (TPSA) is 53.6 Å². The van der Waals surface area contributed by atoms with E-state index in [2.05, 4.69) is 41.2 Å². The van der Waals surface area contributed by atoms with Crippen molar-refractivity contribution in [1.82, 2.24) is 4.90 Å². The van der Waals surface area contributed by atoms with Gasteiger partial charge in [0.05, 0.1) is 6.54 Å². The van der Waals surface area contributed by atoms with Crippen molar-refractivity contribution in [2.45, 2.75) is 39.2 Å². The Balaban J connectivity index is 0.00000220. The molecule has 1 aromatic carbocycles. The van der Waals surface area contributed by atoms with Crippen LogP contribution in [0.15, 0.2) is 29.3 Å². The van der Waals surface area contributed by atoms with E-state index in [0.29, 0.717) is 12.0 Å².